The third kappa shape index (κ3) is 3.36. The lowest BCUT2D eigenvalue weighted by Crippen LogP contribution is -2.42. The molecule has 6 heteroatoms. The molecule has 1 aliphatic rings. The van der Waals surface area contributed by atoms with Crippen LogP contribution in [0.15, 0.2) is 18.2 Å². The van der Waals surface area contributed by atoms with Crippen molar-refractivity contribution in [1.82, 2.24) is 0 Å². The molecule has 0 spiro atoms. The Morgan fingerprint density at radius 1 is 1.42 bits per heavy atom. The van der Waals surface area contributed by atoms with Gasteiger partial charge in [-0.05, 0) is 18.2 Å². The van der Waals surface area contributed by atoms with Crippen LogP contribution in [-0.2, 0) is 4.74 Å². The van der Waals surface area contributed by atoms with Crippen molar-refractivity contribution < 1.29 is 14.6 Å². The second-order valence-electron chi connectivity index (χ2n) is 4.86. The molecule has 1 aliphatic heterocycles. The van der Waals surface area contributed by atoms with Crippen LogP contribution in [0.1, 0.15) is 23.2 Å². The molecule has 1 saturated heterocycles. The van der Waals surface area contributed by atoms with Crippen molar-refractivity contribution in [2.45, 2.75) is 18.4 Å². The predicted octanol–water partition coefficient (Wildman–Crippen LogP) is 0.321. The number of nitrogen functional groups attached to an aromatic ring is 1. The molecule has 0 unspecified atom stereocenters. The fourth-order valence-electron chi connectivity index (χ4n) is 2.05. The van der Waals surface area contributed by atoms with Gasteiger partial charge in [-0.3, -0.25) is 4.79 Å². The molecule has 6 N–H and O–H groups in total. The van der Waals surface area contributed by atoms with Crippen molar-refractivity contribution in [2.75, 3.05) is 30.8 Å². The Bertz CT molecular complexity index is 470. The van der Waals surface area contributed by atoms with Crippen LogP contribution >= 0.6 is 0 Å². The molecule has 0 saturated carbocycles. The molecular weight excluding hydrogens is 246 g/mol. The van der Waals surface area contributed by atoms with Gasteiger partial charge in [-0.15, -0.1) is 0 Å². The van der Waals surface area contributed by atoms with Gasteiger partial charge < -0.3 is 26.6 Å². The smallest absolute Gasteiger partial charge is 0.248 e. The second-order valence-corrected chi connectivity index (χ2v) is 4.86. The molecule has 0 radical (unpaired) electrons. The number of amides is 1. The molecule has 0 atom stereocenters. The van der Waals surface area contributed by atoms with Gasteiger partial charge in [-0.2, -0.15) is 0 Å². The number of hydrogen-bond acceptors (Lipinski definition) is 5. The summed E-state index contributed by atoms with van der Waals surface area (Å²) in [6.45, 7) is 1.47. The maximum absolute atomic E-state index is 11.1. The number of rotatable bonds is 4. The van der Waals surface area contributed by atoms with Gasteiger partial charge in [0.2, 0.25) is 5.91 Å². The summed E-state index contributed by atoms with van der Waals surface area (Å²) in [6.07, 6.45) is 1.16. The summed E-state index contributed by atoms with van der Waals surface area (Å²) in [6, 6.07) is 4.79. The van der Waals surface area contributed by atoms with E-state index in [4.69, 9.17) is 16.2 Å². The van der Waals surface area contributed by atoms with E-state index in [1.54, 1.807) is 18.2 Å². The van der Waals surface area contributed by atoms with Gasteiger partial charge in [0.1, 0.15) is 0 Å². The van der Waals surface area contributed by atoms with Crippen LogP contribution in [0, 0.1) is 0 Å². The van der Waals surface area contributed by atoms with Crippen molar-refractivity contribution in [2.24, 2.45) is 5.73 Å². The minimum atomic E-state index is -0.798. The van der Waals surface area contributed by atoms with E-state index in [1.165, 1.54) is 0 Å². The van der Waals surface area contributed by atoms with Crippen LogP contribution < -0.4 is 16.8 Å². The van der Waals surface area contributed by atoms with Gasteiger partial charge in [0.05, 0.1) is 17.0 Å². The number of nitrogens with one attached hydrogen (secondary N) is 1. The number of carbonyl (C=O) groups is 1. The van der Waals surface area contributed by atoms with E-state index in [-0.39, 0.29) is 0 Å². The second kappa shape index (κ2) is 5.46. The summed E-state index contributed by atoms with van der Waals surface area (Å²) >= 11 is 0. The van der Waals surface area contributed by atoms with Gasteiger partial charge in [0.15, 0.2) is 0 Å². The van der Waals surface area contributed by atoms with E-state index in [0.29, 0.717) is 49.5 Å². The van der Waals surface area contributed by atoms with E-state index >= 15 is 0 Å². The monoisotopic (exact) mass is 265 g/mol. The highest BCUT2D eigenvalue weighted by molar-refractivity contribution is 5.94. The highest BCUT2D eigenvalue weighted by Crippen LogP contribution is 2.24. The molecular formula is C13H19N3O3. The van der Waals surface area contributed by atoms with E-state index in [2.05, 4.69) is 5.32 Å². The zero-order valence-electron chi connectivity index (χ0n) is 10.7. The van der Waals surface area contributed by atoms with Crippen molar-refractivity contribution in [3.63, 3.8) is 0 Å². The number of ether oxygens (including phenoxy) is 1. The molecule has 19 heavy (non-hydrogen) atoms. The number of benzene rings is 1. The lowest BCUT2D eigenvalue weighted by Gasteiger charge is -2.32. The van der Waals surface area contributed by atoms with Gasteiger partial charge in [-0.1, -0.05) is 0 Å². The van der Waals surface area contributed by atoms with Crippen LogP contribution in [0.4, 0.5) is 11.4 Å². The minimum absolute atomic E-state index is 0.364. The van der Waals surface area contributed by atoms with Crippen molar-refractivity contribution in [1.29, 1.82) is 0 Å². The minimum Gasteiger partial charge on any atom is -0.397 e. The fourth-order valence-corrected chi connectivity index (χ4v) is 2.05. The first-order valence-corrected chi connectivity index (χ1v) is 6.23. The number of hydrogen-bond donors (Lipinski definition) is 4. The summed E-state index contributed by atoms with van der Waals surface area (Å²) in [5, 5.41) is 13.4. The lowest BCUT2D eigenvalue weighted by molar-refractivity contribution is -0.0543. The number of anilines is 2. The van der Waals surface area contributed by atoms with E-state index in [0.717, 1.165) is 0 Å². The van der Waals surface area contributed by atoms with Crippen LogP contribution in [0.5, 0.6) is 0 Å². The topological polar surface area (TPSA) is 111 Å². The molecule has 1 amide bonds. The third-order valence-corrected chi connectivity index (χ3v) is 3.37. The Labute approximate surface area is 111 Å². The van der Waals surface area contributed by atoms with Crippen molar-refractivity contribution in [3.8, 4) is 0 Å². The summed E-state index contributed by atoms with van der Waals surface area (Å²) in [4.78, 5) is 11.1. The van der Waals surface area contributed by atoms with E-state index < -0.39 is 11.5 Å². The van der Waals surface area contributed by atoms with Crippen molar-refractivity contribution in [3.05, 3.63) is 23.8 Å². The average Bonchev–Trinajstić information content (AvgIpc) is 2.38. The third-order valence-electron chi connectivity index (χ3n) is 3.37. The highest BCUT2D eigenvalue weighted by Gasteiger charge is 2.29. The fraction of sp³-hybridized carbons (Fsp3) is 0.462. The molecule has 0 aromatic heterocycles. The lowest BCUT2D eigenvalue weighted by atomic mass is 9.94. The van der Waals surface area contributed by atoms with Gasteiger partial charge in [0.25, 0.3) is 0 Å². The molecule has 1 aromatic rings. The molecule has 104 valence electrons. The maximum Gasteiger partial charge on any atom is 0.248 e. The first-order valence-electron chi connectivity index (χ1n) is 6.23. The number of aliphatic hydroxyl groups is 1. The molecule has 1 fully saturated rings. The summed E-state index contributed by atoms with van der Waals surface area (Å²) in [7, 11) is 0. The summed E-state index contributed by atoms with van der Waals surface area (Å²) < 4.78 is 5.22. The molecule has 6 nitrogen and oxygen atoms in total. The normalized spacial score (nSPS) is 17.9. The SMILES string of the molecule is NC(=O)c1ccc(N)c(NCC2(O)CCOCC2)c1. The first kappa shape index (κ1) is 13.6. The molecule has 1 heterocycles. The van der Waals surface area contributed by atoms with E-state index in [1.807, 2.05) is 0 Å². The van der Waals surface area contributed by atoms with Gasteiger partial charge >= 0.3 is 0 Å². The van der Waals surface area contributed by atoms with Crippen LogP contribution in [0.2, 0.25) is 0 Å². The Hall–Kier alpha value is -1.79. The quantitative estimate of drug-likeness (QED) is 0.586. The molecule has 1 aromatic carbocycles. The predicted molar refractivity (Wildman–Crippen MR) is 72.9 cm³/mol. The number of primary amides is 1. The summed E-state index contributed by atoms with van der Waals surface area (Å²) in [5.74, 6) is -0.507. The van der Waals surface area contributed by atoms with Gasteiger partial charge in [0, 0.05) is 38.2 Å². The van der Waals surface area contributed by atoms with Gasteiger partial charge in [-0.25, -0.2) is 0 Å². The Kier molecular flexibility index (Phi) is 3.92. The number of carbonyl (C=O) groups excluding carboxylic acids is 1. The zero-order valence-corrected chi connectivity index (χ0v) is 10.7. The Balaban J connectivity index is 2.06. The standard InChI is InChI=1S/C13H19N3O3/c14-10-2-1-9(12(15)17)7-11(10)16-8-13(18)3-5-19-6-4-13/h1-2,7,16,18H,3-6,8,14H2,(H2,15,17). The zero-order chi connectivity index (χ0) is 13.9. The number of nitrogens with two attached hydrogens (primary N) is 2. The largest absolute Gasteiger partial charge is 0.397 e. The highest BCUT2D eigenvalue weighted by atomic mass is 16.5. The summed E-state index contributed by atoms with van der Waals surface area (Å²) in [5.41, 5.74) is 11.8. The molecule has 0 aliphatic carbocycles. The first-order chi connectivity index (χ1) is 9.00. The molecule has 0 bridgehead atoms. The Morgan fingerprint density at radius 3 is 2.74 bits per heavy atom. The van der Waals surface area contributed by atoms with Crippen molar-refractivity contribution >= 4 is 17.3 Å². The van der Waals surface area contributed by atoms with Crippen LogP contribution in [0.25, 0.3) is 0 Å². The maximum atomic E-state index is 11.1. The van der Waals surface area contributed by atoms with E-state index in [9.17, 15) is 9.90 Å². The van der Waals surface area contributed by atoms with Crippen LogP contribution in [0.3, 0.4) is 0 Å². The molecule has 2 rings (SSSR count). The Morgan fingerprint density at radius 2 is 2.11 bits per heavy atom. The van der Waals surface area contributed by atoms with Crippen LogP contribution in [-0.4, -0.2) is 36.4 Å². The average molecular weight is 265 g/mol.